The topological polar surface area (TPSA) is 101 Å². The summed E-state index contributed by atoms with van der Waals surface area (Å²) >= 11 is 1.59. The number of thioether (sulfide) groups is 1. The largest absolute Gasteiger partial charge is 0.368 e. The number of carbonyl (C=O) groups is 2. The molecule has 1 aliphatic heterocycles. The Hall–Kier alpha value is -3.31. The molecule has 0 spiro atoms. The van der Waals surface area contributed by atoms with E-state index in [1.54, 1.807) is 18.8 Å². The van der Waals surface area contributed by atoms with Crippen molar-refractivity contribution in [2.45, 2.75) is 30.4 Å². The Morgan fingerprint density at radius 3 is 2.46 bits per heavy atom. The molecule has 2 aromatic rings. The smallest absolute Gasteiger partial charge is 0.244 e. The molecule has 0 saturated carbocycles. The summed E-state index contributed by atoms with van der Waals surface area (Å²) in [5.41, 5.74) is 1.95. The Bertz CT molecular complexity index is 1140. The molecule has 0 aromatic heterocycles. The maximum absolute atomic E-state index is 12.7. The zero-order chi connectivity index (χ0) is 27.5. The average molecular weight is 549 g/mol. The van der Waals surface area contributed by atoms with Crippen LogP contribution in [0.15, 0.2) is 60.7 Å². The Balaban J connectivity index is 1.42. The summed E-state index contributed by atoms with van der Waals surface area (Å²) in [6, 6.07) is 19.4. The molecule has 8 nitrogen and oxygen atoms in total. The van der Waals surface area contributed by atoms with Crippen molar-refractivity contribution in [2.75, 3.05) is 45.8 Å². The summed E-state index contributed by atoms with van der Waals surface area (Å²) < 4.78 is 11.4. The van der Waals surface area contributed by atoms with Gasteiger partial charge in [0.1, 0.15) is 24.8 Å². The number of rotatable bonds is 13. The molecule has 2 aromatic carbocycles. The zero-order valence-corrected chi connectivity index (χ0v) is 23.0. The van der Waals surface area contributed by atoms with E-state index in [1.807, 2.05) is 48.5 Å². The third-order valence-electron chi connectivity index (χ3n) is 5.76. The van der Waals surface area contributed by atoms with E-state index in [2.05, 4.69) is 57.1 Å². The predicted molar refractivity (Wildman–Crippen MR) is 155 cm³/mol. The molecule has 0 aliphatic carbocycles. The van der Waals surface area contributed by atoms with Crippen LogP contribution in [0.25, 0.3) is 0 Å². The van der Waals surface area contributed by atoms with Crippen LogP contribution in [-0.2, 0) is 25.5 Å². The number of likely N-dealkylation sites (N-methyl/N-ethyl adjacent to an activating group) is 1. The van der Waals surface area contributed by atoms with E-state index >= 15 is 0 Å². The van der Waals surface area contributed by atoms with Crippen molar-refractivity contribution in [1.82, 2.24) is 21.3 Å². The zero-order valence-electron chi connectivity index (χ0n) is 22.2. The van der Waals surface area contributed by atoms with Gasteiger partial charge in [0.15, 0.2) is 0 Å². The second-order valence-electron chi connectivity index (χ2n) is 8.74. The first-order chi connectivity index (χ1) is 19.2. The van der Waals surface area contributed by atoms with Crippen molar-refractivity contribution in [2.24, 2.45) is 0 Å². The van der Waals surface area contributed by atoms with Crippen LogP contribution in [0.4, 0.5) is 0 Å². The van der Waals surface area contributed by atoms with Crippen molar-refractivity contribution < 1.29 is 19.1 Å². The van der Waals surface area contributed by atoms with Crippen molar-refractivity contribution >= 4 is 23.6 Å². The number of nitrogens with one attached hydrogen (secondary N) is 4. The first kappa shape index (κ1) is 30.2. The SMILES string of the molecule is CNCC(=O)N[C@H]1CCSC(N[C@H](COCC#CC#CCOCCc2ccccc2)c2ccccc2)NC1=O. The van der Waals surface area contributed by atoms with Gasteiger partial charge in [0.2, 0.25) is 11.8 Å². The van der Waals surface area contributed by atoms with Gasteiger partial charge < -0.3 is 25.4 Å². The molecule has 1 saturated heterocycles. The highest BCUT2D eigenvalue weighted by Gasteiger charge is 2.28. The van der Waals surface area contributed by atoms with Gasteiger partial charge >= 0.3 is 0 Å². The van der Waals surface area contributed by atoms with Crippen LogP contribution in [0.5, 0.6) is 0 Å². The molecule has 3 atom stereocenters. The number of amides is 2. The summed E-state index contributed by atoms with van der Waals surface area (Å²) in [5.74, 6) is 11.7. The van der Waals surface area contributed by atoms with Crippen LogP contribution < -0.4 is 21.3 Å². The van der Waals surface area contributed by atoms with Crippen molar-refractivity contribution in [3.8, 4) is 23.7 Å². The molecule has 0 bridgehead atoms. The molecular formula is C30H36N4O4S. The Morgan fingerprint density at radius 2 is 1.74 bits per heavy atom. The van der Waals surface area contributed by atoms with E-state index in [9.17, 15) is 9.59 Å². The van der Waals surface area contributed by atoms with Gasteiger partial charge in [-0.25, -0.2) is 0 Å². The first-order valence-electron chi connectivity index (χ1n) is 13.0. The van der Waals surface area contributed by atoms with E-state index < -0.39 is 6.04 Å². The monoisotopic (exact) mass is 548 g/mol. The molecule has 1 aliphatic rings. The number of ether oxygens (including phenoxy) is 2. The lowest BCUT2D eigenvalue weighted by atomic mass is 10.1. The maximum Gasteiger partial charge on any atom is 0.244 e. The van der Waals surface area contributed by atoms with Gasteiger partial charge in [-0.15, -0.1) is 11.8 Å². The van der Waals surface area contributed by atoms with E-state index in [4.69, 9.17) is 9.47 Å². The molecule has 1 heterocycles. The van der Waals surface area contributed by atoms with Gasteiger partial charge in [-0.05, 0) is 48.6 Å². The van der Waals surface area contributed by atoms with Gasteiger partial charge in [0.05, 0.1) is 25.8 Å². The summed E-state index contributed by atoms with van der Waals surface area (Å²) in [5, 5.41) is 12.0. The highest BCUT2D eigenvalue weighted by molar-refractivity contribution is 7.99. The molecule has 4 N–H and O–H groups in total. The lowest BCUT2D eigenvalue weighted by molar-refractivity contribution is -0.128. The minimum atomic E-state index is -0.553. The molecular weight excluding hydrogens is 512 g/mol. The summed E-state index contributed by atoms with van der Waals surface area (Å²) in [4.78, 5) is 24.6. The van der Waals surface area contributed by atoms with Crippen LogP contribution in [0, 0.1) is 23.7 Å². The Kier molecular flexibility index (Phi) is 14.0. The lowest BCUT2D eigenvalue weighted by Crippen LogP contribution is -2.52. The quantitative estimate of drug-likeness (QED) is 0.224. The molecule has 3 rings (SSSR count). The fourth-order valence-electron chi connectivity index (χ4n) is 3.79. The van der Waals surface area contributed by atoms with Crippen molar-refractivity contribution in [3.05, 3.63) is 71.8 Å². The van der Waals surface area contributed by atoms with Crippen LogP contribution in [0.1, 0.15) is 23.6 Å². The summed E-state index contributed by atoms with van der Waals surface area (Å²) in [6.45, 7) is 1.73. The molecule has 206 valence electrons. The van der Waals surface area contributed by atoms with Crippen LogP contribution in [0.3, 0.4) is 0 Å². The van der Waals surface area contributed by atoms with Crippen LogP contribution >= 0.6 is 11.8 Å². The fourth-order valence-corrected chi connectivity index (χ4v) is 4.86. The second kappa shape index (κ2) is 18.1. The standard InChI is InChI=1S/C30H36N4O4S/c1-31-22-28(35)32-26-17-21-39-30(34-29(26)36)33-27(25-14-8-5-9-15-25)23-38-19-11-3-2-10-18-37-20-16-24-12-6-4-7-13-24/h4-9,12-15,26-27,30-31,33H,16-23H2,1H3,(H,32,35)(H,34,36)/t26-,27+,30?/m0/s1. The van der Waals surface area contributed by atoms with Gasteiger partial charge in [-0.1, -0.05) is 72.5 Å². The normalized spacial score (nSPS) is 17.4. The first-order valence-corrected chi connectivity index (χ1v) is 14.0. The summed E-state index contributed by atoms with van der Waals surface area (Å²) in [6.07, 6.45) is 1.42. The van der Waals surface area contributed by atoms with E-state index in [0.717, 1.165) is 12.0 Å². The molecule has 1 unspecified atom stereocenters. The van der Waals surface area contributed by atoms with E-state index in [-0.39, 0.29) is 36.5 Å². The Labute approximate surface area is 235 Å². The summed E-state index contributed by atoms with van der Waals surface area (Å²) in [7, 11) is 1.69. The van der Waals surface area contributed by atoms with Gasteiger partial charge in [0.25, 0.3) is 0 Å². The van der Waals surface area contributed by atoms with Crippen molar-refractivity contribution in [3.63, 3.8) is 0 Å². The average Bonchev–Trinajstić information content (AvgIpc) is 3.12. The predicted octanol–water partition coefficient (Wildman–Crippen LogP) is 1.84. The van der Waals surface area contributed by atoms with E-state index in [1.165, 1.54) is 5.56 Å². The van der Waals surface area contributed by atoms with Crippen LogP contribution in [0.2, 0.25) is 0 Å². The molecule has 1 fully saturated rings. The second-order valence-corrected chi connectivity index (χ2v) is 9.95. The molecule has 0 radical (unpaired) electrons. The minimum Gasteiger partial charge on any atom is -0.368 e. The highest BCUT2D eigenvalue weighted by atomic mass is 32.2. The minimum absolute atomic E-state index is 0.162. The van der Waals surface area contributed by atoms with Gasteiger partial charge in [0, 0.05) is 0 Å². The maximum atomic E-state index is 12.7. The third kappa shape index (κ3) is 12.0. The van der Waals surface area contributed by atoms with Crippen molar-refractivity contribution in [1.29, 1.82) is 0 Å². The highest BCUT2D eigenvalue weighted by Crippen LogP contribution is 2.20. The Morgan fingerprint density at radius 1 is 1.05 bits per heavy atom. The van der Waals surface area contributed by atoms with Gasteiger partial charge in [-0.2, -0.15) is 0 Å². The molecule has 39 heavy (non-hydrogen) atoms. The van der Waals surface area contributed by atoms with Gasteiger partial charge in [-0.3, -0.25) is 14.9 Å². The number of benzene rings is 2. The number of carbonyl (C=O) groups excluding carboxylic acids is 2. The van der Waals surface area contributed by atoms with E-state index in [0.29, 0.717) is 32.0 Å². The number of hydrogen-bond acceptors (Lipinski definition) is 7. The molecule has 9 heteroatoms. The third-order valence-corrected chi connectivity index (χ3v) is 6.82. The number of hydrogen-bond donors (Lipinski definition) is 4. The van der Waals surface area contributed by atoms with Crippen LogP contribution in [-0.4, -0.2) is 69.1 Å². The molecule has 2 amide bonds. The fraction of sp³-hybridized carbons (Fsp3) is 0.400. The lowest BCUT2D eigenvalue weighted by Gasteiger charge is -2.25.